The van der Waals surface area contributed by atoms with E-state index in [0.29, 0.717) is 18.8 Å². The molecule has 0 unspecified atom stereocenters. The third-order valence-electron chi connectivity index (χ3n) is 2.88. The molecular formula is C14H20N2O3. The molecule has 1 aromatic carbocycles. The number of carbonyl (C=O) groups is 2. The van der Waals surface area contributed by atoms with E-state index in [9.17, 15) is 9.59 Å². The Hall–Kier alpha value is -2.04. The summed E-state index contributed by atoms with van der Waals surface area (Å²) >= 11 is 0. The zero-order chi connectivity index (χ0) is 14.4. The lowest BCUT2D eigenvalue weighted by atomic mass is 10.1. The lowest BCUT2D eigenvalue weighted by Crippen LogP contribution is -2.35. The lowest BCUT2D eigenvalue weighted by Gasteiger charge is -2.21. The summed E-state index contributed by atoms with van der Waals surface area (Å²) in [5.74, 6) is -0.970. The molecule has 0 saturated carbocycles. The van der Waals surface area contributed by atoms with Crippen LogP contribution in [-0.2, 0) is 0 Å². The fourth-order valence-electron chi connectivity index (χ4n) is 1.80. The summed E-state index contributed by atoms with van der Waals surface area (Å²) in [4.78, 5) is 24.5. The molecule has 0 saturated heterocycles. The van der Waals surface area contributed by atoms with Crippen molar-refractivity contribution in [3.63, 3.8) is 0 Å². The number of hydrogen-bond donors (Lipinski definition) is 2. The van der Waals surface area contributed by atoms with Crippen LogP contribution in [0.5, 0.6) is 0 Å². The van der Waals surface area contributed by atoms with Crippen molar-refractivity contribution in [3.8, 4) is 0 Å². The number of urea groups is 1. The molecule has 19 heavy (non-hydrogen) atoms. The number of hydrogen-bond acceptors (Lipinski definition) is 2. The lowest BCUT2D eigenvalue weighted by molar-refractivity contribution is 0.0697. The number of amides is 2. The summed E-state index contributed by atoms with van der Waals surface area (Å²) < 4.78 is 0. The Morgan fingerprint density at radius 2 is 2.00 bits per heavy atom. The number of aryl methyl sites for hydroxylation is 1. The van der Waals surface area contributed by atoms with E-state index in [1.54, 1.807) is 24.0 Å². The van der Waals surface area contributed by atoms with E-state index >= 15 is 0 Å². The van der Waals surface area contributed by atoms with Crippen LogP contribution in [-0.4, -0.2) is 35.1 Å². The van der Waals surface area contributed by atoms with Crippen LogP contribution < -0.4 is 5.32 Å². The zero-order valence-electron chi connectivity index (χ0n) is 11.6. The Bertz CT molecular complexity index is 472. The highest BCUT2D eigenvalue weighted by molar-refractivity contribution is 5.92. The van der Waals surface area contributed by atoms with Crippen LogP contribution in [0.1, 0.15) is 36.2 Å². The van der Waals surface area contributed by atoms with Crippen LogP contribution in [0.3, 0.4) is 0 Å². The van der Waals surface area contributed by atoms with Crippen molar-refractivity contribution < 1.29 is 14.7 Å². The molecule has 0 radical (unpaired) electrons. The molecule has 0 bridgehead atoms. The molecule has 0 atom stereocenters. The van der Waals surface area contributed by atoms with E-state index in [1.807, 2.05) is 13.8 Å². The Labute approximate surface area is 113 Å². The van der Waals surface area contributed by atoms with Crippen molar-refractivity contribution in [1.29, 1.82) is 0 Å². The molecule has 104 valence electrons. The average molecular weight is 264 g/mol. The van der Waals surface area contributed by atoms with Crippen molar-refractivity contribution in [1.82, 2.24) is 4.90 Å². The summed E-state index contributed by atoms with van der Waals surface area (Å²) in [6, 6.07) is 4.50. The van der Waals surface area contributed by atoms with Gasteiger partial charge in [-0.3, -0.25) is 0 Å². The highest BCUT2D eigenvalue weighted by Crippen LogP contribution is 2.17. The number of aromatic carboxylic acids is 1. The van der Waals surface area contributed by atoms with Crippen LogP contribution in [0.4, 0.5) is 10.5 Å². The molecule has 0 aromatic heterocycles. The molecule has 0 fully saturated rings. The Kier molecular flexibility index (Phi) is 5.36. The van der Waals surface area contributed by atoms with Crippen molar-refractivity contribution in [2.45, 2.75) is 27.2 Å². The number of carboxylic acid groups (broad SMARTS) is 1. The van der Waals surface area contributed by atoms with Gasteiger partial charge in [0.05, 0.1) is 5.56 Å². The van der Waals surface area contributed by atoms with E-state index in [2.05, 4.69) is 5.32 Å². The van der Waals surface area contributed by atoms with Crippen LogP contribution >= 0.6 is 0 Å². The number of benzene rings is 1. The highest BCUT2D eigenvalue weighted by Gasteiger charge is 2.12. The highest BCUT2D eigenvalue weighted by atomic mass is 16.4. The third kappa shape index (κ3) is 3.98. The number of carboxylic acids is 1. The van der Waals surface area contributed by atoms with Gasteiger partial charge in [0.25, 0.3) is 0 Å². The first-order valence-corrected chi connectivity index (χ1v) is 6.39. The number of nitrogens with one attached hydrogen (secondary N) is 1. The van der Waals surface area contributed by atoms with Gasteiger partial charge in [-0.25, -0.2) is 9.59 Å². The van der Waals surface area contributed by atoms with Crippen molar-refractivity contribution in [2.24, 2.45) is 0 Å². The number of rotatable bonds is 5. The van der Waals surface area contributed by atoms with Gasteiger partial charge in [-0.05, 0) is 44.0 Å². The molecule has 5 heteroatoms. The molecule has 0 heterocycles. The van der Waals surface area contributed by atoms with Crippen LogP contribution in [0.25, 0.3) is 0 Å². The number of carbonyl (C=O) groups excluding carboxylic acids is 1. The molecule has 0 aliphatic rings. The van der Waals surface area contributed by atoms with Crippen molar-refractivity contribution in [3.05, 3.63) is 29.3 Å². The van der Waals surface area contributed by atoms with Gasteiger partial charge in [-0.1, -0.05) is 6.92 Å². The molecule has 0 spiro atoms. The third-order valence-corrected chi connectivity index (χ3v) is 2.88. The fraction of sp³-hybridized carbons (Fsp3) is 0.429. The average Bonchev–Trinajstić information content (AvgIpc) is 2.37. The predicted molar refractivity (Wildman–Crippen MR) is 74.7 cm³/mol. The van der Waals surface area contributed by atoms with Crippen LogP contribution in [0.2, 0.25) is 0 Å². The maximum Gasteiger partial charge on any atom is 0.335 e. The molecule has 2 amide bonds. The minimum atomic E-state index is -0.970. The van der Waals surface area contributed by atoms with Gasteiger partial charge in [-0.15, -0.1) is 0 Å². The Morgan fingerprint density at radius 1 is 1.32 bits per heavy atom. The fourth-order valence-corrected chi connectivity index (χ4v) is 1.80. The quantitative estimate of drug-likeness (QED) is 0.859. The SMILES string of the molecule is CCCN(CC)C(=O)Nc1ccc(C(=O)O)cc1C. The second-order valence-corrected chi connectivity index (χ2v) is 4.34. The van der Waals surface area contributed by atoms with Gasteiger partial charge in [-0.2, -0.15) is 0 Å². The molecule has 0 aliphatic heterocycles. The smallest absolute Gasteiger partial charge is 0.335 e. The number of anilines is 1. The second kappa shape index (κ2) is 6.78. The van der Waals surface area contributed by atoms with Gasteiger partial charge in [0.2, 0.25) is 0 Å². The maximum atomic E-state index is 12.0. The zero-order valence-corrected chi connectivity index (χ0v) is 11.6. The largest absolute Gasteiger partial charge is 0.478 e. The molecular weight excluding hydrogens is 244 g/mol. The summed E-state index contributed by atoms with van der Waals surface area (Å²) in [5, 5.41) is 11.7. The Balaban J connectivity index is 2.82. The minimum absolute atomic E-state index is 0.157. The van der Waals surface area contributed by atoms with Crippen molar-refractivity contribution in [2.75, 3.05) is 18.4 Å². The van der Waals surface area contributed by atoms with E-state index in [4.69, 9.17) is 5.11 Å². The summed E-state index contributed by atoms with van der Waals surface area (Å²) in [7, 11) is 0. The molecule has 2 N–H and O–H groups in total. The summed E-state index contributed by atoms with van der Waals surface area (Å²) in [6.45, 7) is 7.07. The maximum absolute atomic E-state index is 12.0. The van der Waals surface area contributed by atoms with E-state index in [-0.39, 0.29) is 11.6 Å². The van der Waals surface area contributed by atoms with Gasteiger partial charge in [0.1, 0.15) is 0 Å². The van der Waals surface area contributed by atoms with Crippen LogP contribution in [0.15, 0.2) is 18.2 Å². The Morgan fingerprint density at radius 3 is 2.47 bits per heavy atom. The first-order valence-electron chi connectivity index (χ1n) is 6.39. The second-order valence-electron chi connectivity index (χ2n) is 4.34. The van der Waals surface area contributed by atoms with Gasteiger partial charge < -0.3 is 15.3 Å². The summed E-state index contributed by atoms with van der Waals surface area (Å²) in [6.07, 6.45) is 0.901. The minimum Gasteiger partial charge on any atom is -0.478 e. The molecule has 1 aromatic rings. The first kappa shape index (κ1) is 15.0. The topological polar surface area (TPSA) is 69.6 Å². The monoisotopic (exact) mass is 264 g/mol. The molecule has 0 aliphatic carbocycles. The van der Waals surface area contributed by atoms with Gasteiger partial charge in [0, 0.05) is 18.8 Å². The standard InChI is InChI=1S/C14H20N2O3/c1-4-8-16(5-2)14(19)15-12-7-6-11(13(17)18)9-10(12)3/h6-7,9H,4-5,8H2,1-3H3,(H,15,19)(H,17,18). The van der Waals surface area contributed by atoms with Gasteiger partial charge in [0.15, 0.2) is 0 Å². The van der Waals surface area contributed by atoms with Crippen LogP contribution in [0, 0.1) is 6.92 Å². The van der Waals surface area contributed by atoms with E-state index in [0.717, 1.165) is 12.0 Å². The summed E-state index contributed by atoms with van der Waals surface area (Å²) in [5.41, 5.74) is 1.60. The van der Waals surface area contributed by atoms with Crippen molar-refractivity contribution >= 4 is 17.7 Å². The van der Waals surface area contributed by atoms with Gasteiger partial charge >= 0.3 is 12.0 Å². The number of nitrogens with zero attached hydrogens (tertiary/aromatic N) is 1. The molecule has 1 rings (SSSR count). The van der Waals surface area contributed by atoms with E-state index in [1.165, 1.54) is 6.07 Å². The predicted octanol–water partition coefficient (Wildman–Crippen LogP) is 2.96. The van der Waals surface area contributed by atoms with E-state index < -0.39 is 5.97 Å². The molecule has 5 nitrogen and oxygen atoms in total. The first-order chi connectivity index (χ1) is 8.99. The normalized spacial score (nSPS) is 10.1.